The first-order valence-electron chi connectivity index (χ1n) is 8.43. The zero-order valence-corrected chi connectivity index (χ0v) is 13.5. The third-order valence-corrected chi connectivity index (χ3v) is 4.21. The summed E-state index contributed by atoms with van der Waals surface area (Å²) in [5.41, 5.74) is 0. The second-order valence-electron chi connectivity index (χ2n) is 5.82. The molecule has 0 atom stereocenters. The van der Waals surface area contributed by atoms with Gasteiger partial charge in [-0.05, 0) is 25.7 Å². The molecular weight excluding hydrogens is 284 g/mol. The van der Waals surface area contributed by atoms with E-state index in [-0.39, 0.29) is 6.03 Å². The number of urea groups is 1. The van der Waals surface area contributed by atoms with Gasteiger partial charge < -0.3 is 20.1 Å². The van der Waals surface area contributed by atoms with E-state index < -0.39 is 0 Å². The van der Waals surface area contributed by atoms with Gasteiger partial charge >= 0.3 is 6.03 Å². The fraction of sp³-hybridized carbons (Fsp3) is 0.933. The number of nitrogens with two attached hydrogens (primary N) is 2. The lowest BCUT2D eigenvalue weighted by Crippen LogP contribution is -2.40. The van der Waals surface area contributed by atoms with Crippen molar-refractivity contribution in [3.63, 3.8) is 0 Å². The van der Waals surface area contributed by atoms with Crippen LogP contribution in [0.15, 0.2) is 0 Å². The molecule has 0 spiro atoms. The molecule has 130 valence electrons. The molecule has 0 aromatic carbocycles. The zero-order chi connectivity index (χ0) is 16.0. The highest BCUT2D eigenvalue weighted by molar-refractivity contribution is 5.73. The Morgan fingerprint density at radius 1 is 0.773 bits per heavy atom. The zero-order valence-electron chi connectivity index (χ0n) is 13.5. The Balaban J connectivity index is 0.00000116. The van der Waals surface area contributed by atoms with Crippen LogP contribution in [0.1, 0.15) is 64.2 Å². The Hall–Kier alpha value is -0.890. The topological polar surface area (TPSA) is 112 Å². The molecule has 2 aliphatic carbocycles. The van der Waals surface area contributed by atoms with Gasteiger partial charge in [0.05, 0.1) is 12.2 Å². The van der Waals surface area contributed by atoms with Gasteiger partial charge in [0.15, 0.2) is 0 Å². The average molecular weight is 316 g/mol. The molecule has 7 nitrogen and oxygen atoms in total. The van der Waals surface area contributed by atoms with Gasteiger partial charge in [0.25, 0.3) is 0 Å². The number of hydrogen-bond acceptors (Lipinski definition) is 5. The van der Waals surface area contributed by atoms with Crippen molar-refractivity contribution < 1.29 is 14.3 Å². The van der Waals surface area contributed by atoms with Crippen LogP contribution in [0.4, 0.5) is 4.79 Å². The minimum absolute atomic E-state index is 0.211. The van der Waals surface area contributed by atoms with E-state index in [2.05, 4.69) is 22.3 Å². The standard InChI is InChI=1S/C15H28N2O3.H4N2/c18-15(16-11-19-13-7-3-1-4-8-13)17-12-20-14-9-5-2-6-10-14;1-2/h13-14H,1-12H2,(H2,16,17,18);1-2H2. The van der Waals surface area contributed by atoms with Crippen LogP contribution in [-0.4, -0.2) is 31.7 Å². The monoisotopic (exact) mass is 316 g/mol. The molecule has 0 aliphatic heterocycles. The predicted molar refractivity (Wildman–Crippen MR) is 85.7 cm³/mol. The van der Waals surface area contributed by atoms with Crippen LogP contribution in [-0.2, 0) is 9.47 Å². The molecule has 2 fully saturated rings. The van der Waals surface area contributed by atoms with Gasteiger partial charge in [-0.2, -0.15) is 0 Å². The molecule has 2 saturated carbocycles. The summed E-state index contributed by atoms with van der Waals surface area (Å²) in [5, 5.41) is 5.43. The molecule has 2 amide bonds. The van der Waals surface area contributed by atoms with Crippen molar-refractivity contribution in [1.29, 1.82) is 0 Å². The number of amides is 2. The highest BCUT2D eigenvalue weighted by Crippen LogP contribution is 2.20. The number of hydrogen-bond donors (Lipinski definition) is 4. The predicted octanol–water partition coefficient (Wildman–Crippen LogP) is 1.72. The van der Waals surface area contributed by atoms with Gasteiger partial charge in [0, 0.05) is 0 Å². The number of rotatable bonds is 6. The summed E-state index contributed by atoms with van der Waals surface area (Å²) < 4.78 is 11.3. The van der Waals surface area contributed by atoms with E-state index in [4.69, 9.17) is 9.47 Å². The maximum Gasteiger partial charge on any atom is 0.318 e. The molecule has 0 saturated heterocycles. The SMILES string of the molecule is NN.O=C(NCOC1CCCCC1)NCOC1CCCCC1. The van der Waals surface area contributed by atoms with E-state index in [1.807, 2.05) is 0 Å². The second kappa shape index (κ2) is 12.6. The van der Waals surface area contributed by atoms with E-state index in [0.29, 0.717) is 25.7 Å². The van der Waals surface area contributed by atoms with Crippen molar-refractivity contribution in [1.82, 2.24) is 10.6 Å². The molecule has 0 aromatic heterocycles. The summed E-state index contributed by atoms with van der Waals surface area (Å²) >= 11 is 0. The first-order valence-corrected chi connectivity index (χ1v) is 8.43. The molecule has 2 aliphatic rings. The molecule has 0 heterocycles. The van der Waals surface area contributed by atoms with Crippen molar-refractivity contribution >= 4 is 6.03 Å². The van der Waals surface area contributed by atoms with Gasteiger partial charge in [-0.15, -0.1) is 0 Å². The van der Waals surface area contributed by atoms with Crippen molar-refractivity contribution in [2.75, 3.05) is 13.5 Å². The van der Waals surface area contributed by atoms with Crippen LogP contribution in [0.5, 0.6) is 0 Å². The smallest absolute Gasteiger partial charge is 0.318 e. The van der Waals surface area contributed by atoms with Crippen molar-refractivity contribution in [2.45, 2.75) is 76.4 Å². The molecule has 2 rings (SSSR count). The molecule has 0 radical (unpaired) electrons. The van der Waals surface area contributed by atoms with Crippen LogP contribution >= 0.6 is 0 Å². The number of ether oxygens (including phenoxy) is 2. The second-order valence-corrected chi connectivity index (χ2v) is 5.82. The van der Waals surface area contributed by atoms with Gasteiger partial charge in [-0.25, -0.2) is 4.79 Å². The normalized spacial score (nSPS) is 19.9. The minimum atomic E-state index is -0.211. The Kier molecular flexibility index (Phi) is 11.0. The van der Waals surface area contributed by atoms with E-state index in [1.54, 1.807) is 0 Å². The summed E-state index contributed by atoms with van der Waals surface area (Å²) in [5.74, 6) is 8.00. The van der Waals surface area contributed by atoms with Crippen LogP contribution in [0, 0.1) is 0 Å². The third-order valence-electron chi connectivity index (χ3n) is 4.21. The first kappa shape index (κ1) is 19.2. The summed E-state index contributed by atoms with van der Waals surface area (Å²) in [6, 6.07) is -0.211. The molecule has 0 aromatic rings. The average Bonchev–Trinajstić information content (AvgIpc) is 2.59. The molecule has 6 N–H and O–H groups in total. The Bertz CT molecular complexity index is 254. The van der Waals surface area contributed by atoms with Crippen molar-refractivity contribution in [3.05, 3.63) is 0 Å². The maximum absolute atomic E-state index is 11.5. The first-order chi connectivity index (χ1) is 10.8. The number of nitrogens with one attached hydrogen (secondary N) is 2. The number of carbonyl (C=O) groups is 1. The molecule has 0 bridgehead atoms. The fourth-order valence-electron chi connectivity index (χ4n) is 2.98. The molecule has 0 unspecified atom stereocenters. The van der Waals surface area contributed by atoms with Crippen molar-refractivity contribution in [2.24, 2.45) is 11.7 Å². The maximum atomic E-state index is 11.5. The Morgan fingerprint density at radius 2 is 1.14 bits per heavy atom. The van der Waals surface area contributed by atoms with Gasteiger partial charge in [-0.3, -0.25) is 11.7 Å². The number of hydrazine groups is 1. The minimum Gasteiger partial charge on any atom is -0.358 e. The van der Waals surface area contributed by atoms with Gasteiger partial charge in [-0.1, -0.05) is 38.5 Å². The molecular formula is C15H32N4O3. The van der Waals surface area contributed by atoms with Crippen molar-refractivity contribution in [3.8, 4) is 0 Å². The van der Waals surface area contributed by atoms with E-state index in [1.165, 1.54) is 38.5 Å². The fourth-order valence-corrected chi connectivity index (χ4v) is 2.98. The quantitative estimate of drug-likeness (QED) is 0.339. The largest absolute Gasteiger partial charge is 0.358 e. The summed E-state index contributed by atoms with van der Waals surface area (Å²) in [7, 11) is 0. The lowest BCUT2D eigenvalue weighted by molar-refractivity contribution is 0.0140. The van der Waals surface area contributed by atoms with Crippen LogP contribution in [0.3, 0.4) is 0 Å². The highest BCUT2D eigenvalue weighted by Gasteiger charge is 2.15. The summed E-state index contributed by atoms with van der Waals surface area (Å²) in [6.45, 7) is 0.583. The van der Waals surface area contributed by atoms with Crippen LogP contribution in [0.2, 0.25) is 0 Å². The molecule has 7 heteroatoms. The van der Waals surface area contributed by atoms with E-state index >= 15 is 0 Å². The number of carbonyl (C=O) groups excluding carboxylic acids is 1. The summed E-state index contributed by atoms with van der Waals surface area (Å²) in [6.07, 6.45) is 12.7. The lowest BCUT2D eigenvalue weighted by atomic mass is 9.98. The van der Waals surface area contributed by atoms with Gasteiger partial charge in [0.1, 0.15) is 13.5 Å². The highest BCUT2D eigenvalue weighted by atomic mass is 16.5. The van der Waals surface area contributed by atoms with Crippen LogP contribution < -0.4 is 22.3 Å². The summed E-state index contributed by atoms with van der Waals surface area (Å²) in [4.78, 5) is 11.5. The van der Waals surface area contributed by atoms with E-state index in [9.17, 15) is 4.79 Å². The van der Waals surface area contributed by atoms with Gasteiger partial charge in [0.2, 0.25) is 0 Å². The lowest BCUT2D eigenvalue weighted by Gasteiger charge is -2.23. The van der Waals surface area contributed by atoms with E-state index in [0.717, 1.165) is 25.7 Å². The third kappa shape index (κ3) is 8.53. The van der Waals surface area contributed by atoms with Crippen LogP contribution in [0.25, 0.3) is 0 Å². The molecule has 22 heavy (non-hydrogen) atoms. The Labute approximate surface area is 133 Å². The Morgan fingerprint density at radius 3 is 1.50 bits per heavy atom.